The number of hydrogen-bond donors (Lipinski definition) is 1. The maximum Gasteiger partial charge on any atom is 0.250 e. The molecule has 3 heteroatoms. The zero-order valence-corrected chi connectivity index (χ0v) is 4.40. The molecule has 1 nitrogen and oxygen atoms in total. The molecule has 1 aliphatic carbocycles. The quantitative estimate of drug-likeness (QED) is 0.511. The molecule has 1 aliphatic rings. The summed E-state index contributed by atoms with van der Waals surface area (Å²) < 4.78 is 24.1. The molecule has 1 N–H and O–H groups in total. The first-order chi connectivity index (χ1) is 3.60. The normalized spacial score (nSPS) is 35.6. The zero-order chi connectivity index (χ0) is 6.20. The standard InChI is InChI=1S/C5H8F2O/c6-5(7)2-1-4(8)3-5/h4,8H,1-3H2/t4-/m0/s1. The SMILES string of the molecule is O[C@H]1CCC(F)(F)C1. The second-order valence-corrected chi connectivity index (χ2v) is 2.25. The van der Waals surface area contributed by atoms with E-state index in [1.54, 1.807) is 0 Å². The molecule has 1 saturated carbocycles. The number of hydrogen-bond acceptors (Lipinski definition) is 1. The Morgan fingerprint density at radius 3 is 2.25 bits per heavy atom. The molecule has 0 unspecified atom stereocenters. The highest BCUT2D eigenvalue weighted by Gasteiger charge is 2.38. The van der Waals surface area contributed by atoms with Gasteiger partial charge in [0.1, 0.15) is 0 Å². The largest absolute Gasteiger partial charge is 0.393 e. The average molecular weight is 122 g/mol. The minimum absolute atomic E-state index is 0.145. The van der Waals surface area contributed by atoms with Gasteiger partial charge in [-0.1, -0.05) is 0 Å². The summed E-state index contributed by atoms with van der Waals surface area (Å²) in [7, 11) is 0. The van der Waals surface area contributed by atoms with Gasteiger partial charge in [-0.3, -0.25) is 0 Å². The highest BCUT2D eigenvalue weighted by atomic mass is 19.3. The van der Waals surface area contributed by atoms with Gasteiger partial charge in [-0.15, -0.1) is 0 Å². The van der Waals surface area contributed by atoms with Crippen LogP contribution in [0.1, 0.15) is 19.3 Å². The van der Waals surface area contributed by atoms with Crippen molar-refractivity contribution in [2.24, 2.45) is 0 Å². The Labute approximate surface area is 46.3 Å². The third kappa shape index (κ3) is 1.15. The van der Waals surface area contributed by atoms with E-state index >= 15 is 0 Å². The van der Waals surface area contributed by atoms with Crippen LogP contribution in [0.15, 0.2) is 0 Å². The van der Waals surface area contributed by atoms with Crippen LogP contribution in [0.4, 0.5) is 8.78 Å². The van der Waals surface area contributed by atoms with E-state index in [2.05, 4.69) is 0 Å². The van der Waals surface area contributed by atoms with E-state index in [1.807, 2.05) is 0 Å². The van der Waals surface area contributed by atoms with Gasteiger partial charge in [0.05, 0.1) is 6.10 Å². The van der Waals surface area contributed by atoms with E-state index in [4.69, 9.17) is 5.11 Å². The Morgan fingerprint density at radius 1 is 1.50 bits per heavy atom. The van der Waals surface area contributed by atoms with Gasteiger partial charge >= 0.3 is 0 Å². The molecule has 0 aromatic heterocycles. The molecule has 1 rings (SSSR count). The second-order valence-electron chi connectivity index (χ2n) is 2.25. The molecule has 0 aromatic carbocycles. The van der Waals surface area contributed by atoms with Crippen LogP contribution in [-0.4, -0.2) is 17.1 Å². The maximum absolute atomic E-state index is 12.0. The monoisotopic (exact) mass is 122 g/mol. The van der Waals surface area contributed by atoms with Gasteiger partial charge in [0, 0.05) is 12.8 Å². The highest BCUT2D eigenvalue weighted by Crippen LogP contribution is 2.34. The Hall–Kier alpha value is -0.180. The Morgan fingerprint density at radius 2 is 2.12 bits per heavy atom. The van der Waals surface area contributed by atoms with Crippen molar-refractivity contribution in [3.63, 3.8) is 0 Å². The fourth-order valence-corrected chi connectivity index (χ4v) is 0.927. The van der Waals surface area contributed by atoms with Gasteiger partial charge < -0.3 is 5.11 Å². The first-order valence-electron chi connectivity index (χ1n) is 2.66. The van der Waals surface area contributed by atoms with E-state index < -0.39 is 12.0 Å². The van der Waals surface area contributed by atoms with E-state index in [-0.39, 0.29) is 19.3 Å². The fraction of sp³-hybridized carbons (Fsp3) is 1.00. The van der Waals surface area contributed by atoms with Crippen molar-refractivity contribution < 1.29 is 13.9 Å². The molecule has 0 saturated heterocycles. The molecule has 8 heavy (non-hydrogen) atoms. The number of rotatable bonds is 0. The lowest BCUT2D eigenvalue weighted by molar-refractivity contribution is -0.00345. The predicted molar refractivity (Wildman–Crippen MR) is 24.8 cm³/mol. The fourth-order valence-electron chi connectivity index (χ4n) is 0.927. The van der Waals surface area contributed by atoms with Gasteiger partial charge in [0.2, 0.25) is 0 Å². The van der Waals surface area contributed by atoms with Gasteiger partial charge in [-0.05, 0) is 6.42 Å². The molecule has 0 aromatic rings. The van der Waals surface area contributed by atoms with Crippen molar-refractivity contribution >= 4 is 0 Å². The molecule has 0 spiro atoms. The summed E-state index contributed by atoms with van der Waals surface area (Å²) in [6.07, 6.45) is -0.987. The van der Waals surface area contributed by atoms with Crippen LogP contribution < -0.4 is 0 Å². The third-order valence-corrected chi connectivity index (χ3v) is 1.38. The van der Waals surface area contributed by atoms with E-state index in [1.165, 1.54) is 0 Å². The summed E-state index contributed by atoms with van der Waals surface area (Å²) in [5.74, 6) is -2.58. The summed E-state index contributed by atoms with van der Waals surface area (Å²) in [5, 5.41) is 8.58. The summed E-state index contributed by atoms with van der Waals surface area (Å²) in [6, 6.07) is 0. The van der Waals surface area contributed by atoms with Crippen LogP contribution in [0, 0.1) is 0 Å². The van der Waals surface area contributed by atoms with Crippen LogP contribution in [0.25, 0.3) is 0 Å². The Balaban J connectivity index is 2.44. The highest BCUT2D eigenvalue weighted by molar-refractivity contribution is 4.80. The molecule has 0 aliphatic heterocycles. The predicted octanol–water partition coefficient (Wildman–Crippen LogP) is 1.17. The number of aliphatic hydroxyl groups is 1. The average Bonchev–Trinajstić information content (AvgIpc) is 1.82. The topological polar surface area (TPSA) is 20.2 Å². The lowest BCUT2D eigenvalue weighted by atomic mass is 10.3. The first kappa shape index (κ1) is 5.95. The van der Waals surface area contributed by atoms with Crippen molar-refractivity contribution in [3.8, 4) is 0 Å². The minimum atomic E-state index is -2.58. The van der Waals surface area contributed by atoms with Gasteiger partial charge in [-0.2, -0.15) is 0 Å². The molecule has 1 fully saturated rings. The molecule has 0 heterocycles. The maximum atomic E-state index is 12.0. The van der Waals surface area contributed by atoms with Gasteiger partial charge in [0.25, 0.3) is 5.92 Å². The van der Waals surface area contributed by atoms with Crippen LogP contribution in [-0.2, 0) is 0 Å². The smallest absolute Gasteiger partial charge is 0.250 e. The van der Waals surface area contributed by atoms with Crippen LogP contribution in [0.2, 0.25) is 0 Å². The van der Waals surface area contributed by atoms with Crippen molar-refractivity contribution in [2.45, 2.75) is 31.3 Å². The van der Waals surface area contributed by atoms with Crippen LogP contribution in [0.5, 0.6) is 0 Å². The molecule has 1 atom stereocenters. The molecule has 0 bridgehead atoms. The lowest BCUT2D eigenvalue weighted by Gasteiger charge is -2.04. The van der Waals surface area contributed by atoms with Crippen LogP contribution in [0.3, 0.4) is 0 Å². The van der Waals surface area contributed by atoms with E-state index in [0.717, 1.165) is 0 Å². The summed E-state index contributed by atoms with van der Waals surface area (Å²) in [5.41, 5.74) is 0. The summed E-state index contributed by atoms with van der Waals surface area (Å²) in [4.78, 5) is 0. The van der Waals surface area contributed by atoms with Crippen LogP contribution >= 0.6 is 0 Å². The summed E-state index contributed by atoms with van der Waals surface area (Å²) in [6.45, 7) is 0. The Kier molecular flexibility index (Phi) is 1.23. The van der Waals surface area contributed by atoms with Gasteiger partial charge in [-0.25, -0.2) is 8.78 Å². The third-order valence-electron chi connectivity index (χ3n) is 1.38. The van der Waals surface area contributed by atoms with Crippen molar-refractivity contribution in [1.29, 1.82) is 0 Å². The first-order valence-corrected chi connectivity index (χ1v) is 2.66. The molecular formula is C5H8F2O. The molecule has 0 amide bonds. The Bertz CT molecular complexity index is 92.4. The number of halogens is 2. The van der Waals surface area contributed by atoms with Crippen molar-refractivity contribution in [1.82, 2.24) is 0 Å². The van der Waals surface area contributed by atoms with Crippen molar-refractivity contribution in [2.75, 3.05) is 0 Å². The van der Waals surface area contributed by atoms with Crippen molar-refractivity contribution in [3.05, 3.63) is 0 Å². The second kappa shape index (κ2) is 1.65. The molecule has 48 valence electrons. The van der Waals surface area contributed by atoms with Gasteiger partial charge in [0.15, 0.2) is 0 Å². The van der Waals surface area contributed by atoms with E-state index in [0.29, 0.717) is 0 Å². The summed E-state index contributed by atoms with van der Waals surface area (Å²) >= 11 is 0. The van der Waals surface area contributed by atoms with E-state index in [9.17, 15) is 8.78 Å². The zero-order valence-electron chi connectivity index (χ0n) is 4.40. The molecule has 0 radical (unpaired) electrons. The molecular weight excluding hydrogens is 114 g/mol. The lowest BCUT2D eigenvalue weighted by Crippen LogP contribution is -2.10. The minimum Gasteiger partial charge on any atom is -0.393 e. The number of alkyl halides is 2. The number of aliphatic hydroxyl groups excluding tert-OH is 1.